The summed E-state index contributed by atoms with van der Waals surface area (Å²) in [6.07, 6.45) is 2.87. The number of fused-ring (bicyclic) bond motifs is 1. The molecule has 1 atom stereocenters. The average molecular weight is 399 g/mol. The maximum absolute atomic E-state index is 12.7. The van der Waals surface area contributed by atoms with E-state index in [1.807, 2.05) is 48.5 Å². The summed E-state index contributed by atoms with van der Waals surface area (Å²) < 4.78 is 0. The third-order valence-electron chi connectivity index (χ3n) is 5.54. The number of amides is 1. The Hall–Kier alpha value is -2.37. The molecule has 3 N–H and O–H groups in total. The van der Waals surface area contributed by atoms with Crippen molar-refractivity contribution in [1.82, 2.24) is 15.3 Å². The van der Waals surface area contributed by atoms with Crippen molar-refractivity contribution >= 4 is 35.0 Å². The second kappa shape index (κ2) is 9.22. The fraction of sp³-hybridized carbons (Fsp3) is 0.364. The van der Waals surface area contributed by atoms with Gasteiger partial charge in [0.2, 0.25) is 5.91 Å². The summed E-state index contributed by atoms with van der Waals surface area (Å²) in [6.45, 7) is 4.32. The van der Waals surface area contributed by atoms with Crippen LogP contribution in [0.4, 0.5) is 5.69 Å². The van der Waals surface area contributed by atoms with Gasteiger partial charge < -0.3 is 15.6 Å². The number of benzene rings is 2. The summed E-state index contributed by atoms with van der Waals surface area (Å²) in [7, 11) is 0. The van der Waals surface area contributed by atoms with Gasteiger partial charge in [-0.1, -0.05) is 31.2 Å². The lowest BCUT2D eigenvalue weighted by Crippen LogP contribution is -2.32. The molecule has 2 aromatic carbocycles. The lowest BCUT2D eigenvalue weighted by molar-refractivity contribution is -0.117. The van der Waals surface area contributed by atoms with Gasteiger partial charge in [-0.25, -0.2) is 4.98 Å². The maximum Gasteiger partial charge on any atom is 0.224 e. The molecule has 1 amide bonds. The molecule has 3 aromatic rings. The number of piperidine rings is 1. The van der Waals surface area contributed by atoms with Crippen LogP contribution in [0.1, 0.15) is 26.2 Å². The van der Waals surface area contributed by atoms with Crippen LogP contribution < -0.4 is 10.6 Å². The van der Waals surface area contributed by atoms with Gasteiger partial charge >= 0.3 is 0 Å². The monoisotopic (exact) mass is 398 g/mol. The number of carbonyl (C=O) groups is 1. The molecular weight excluding hydrogens is 372 g/mol. The summed E-state index contributed by atoms with van der Waals surface area (Å²) >= 11 is 0. The van der Waals surface area contributed by atoms with Crippen LogP contribution >= 0.6 is 12.4 Å². The number of imidazole rings is 1. The van der Waals surface area contributed by atoms with E-state index in [4.69, 9.17) is 0 Å². The molecule has 28 heavy (non-hydrogen) atoms. The Bertz CT molecular complexity index is 900. The molecule has 5 nitrogen and oxygen atoms in total. The minimum atomic E-state index is 0. The van der Waals surface area contributed by atoms with Crippen molar-refractivity contribution in [2.24, 2.45) is 11.8 Å². The van der Waals surface area contributed by atoms with Crippen LogP contribution in [0.2, 0.25) is 0 Å². The third kappa shape index (κ3) is 4.54. The lowest BCUT2D eigenvalue weighted by atomic mass is 9.84. The van der Waals surface area contributed by atoms with Gasteiger partial charge in [-0.15, -0.1) is 12.4 Å². The summed E-state index contributed by atoms with van der Waals surface area (Å²) in [4.78, 5) is 20.7. The van der Waals surface area contributed by atoms with Crippen LogP contribution in [0.3, 0.4) is 0 Å². The number of carbonyl (C=O) groups excluding carboxylic acids is 1. The van der Waals surface area contributed by atoms with Crippen molar-refractivity contribution in [3.63, 3.8) is 0 Å². The first kappa shape index (κ1) is 20.4. The van der Waals surface area contributed by atoms with Crippen LogP contribution in [0.25, 0.3) is 22.4 Å². The molecule has 0 aliphatic carbocycles. The van der Waals surface area contributed by atoms with Crippen LogP contribution in [0.15, 0.2) is 48.5 Å². The van der Waals surface area contributed by atoms with Crippen LogP contribution in [-0.2, 0) is 4.79 Å². The van der Waals surface area contributed by atoms with E-state index >= 15 is 0 Å². The van der Waals surface area contributed by atoms with Gasteiger partial charge in [0.15, 0.2) is 0 Å². The van der Waals surface area contributed by atoms with Gasteiger partial charge in [-0.05, 0) is 62.0 Å². The molecule has 0 bridgehead atoms. The molecule has 1 unspecified atom stereocenters. The van der Waals surface area contributed by atoms with E-state index < -0.39 is 0 Å². The zero-order chi connectivity index (χ0) is 18.6. The van der Waals surface area contributed by atoms with Crippen molar-refractivity contribution < 1.29 is 4.79 Å². The molecule has 1 aliphatic rings. The smallest absolute Gasteiger partial charge is 0.224 e. The number of para-hydroxylation sites is 3. The molecule has 1 saturated heterocycles. The second-order valence-electron chi connectivity index (χ2n) is 7.47. The number of anilines is 1. The number of aromatic nitrogens is 2. The molecule has 6 heteroatoms. The Balaban J connectivity index is 0.00000225. The van der Waals surface area contributed by atoms with Crippen molar-refractivity contribution in [3.8, 4) is 11.4 Å². The standard InChI is InChI=1S/C22H26N4O.ClH/c1-15(16-10-12-23-13-11-16)14-21(27)24-18-7-3-2-6-17(18)22-25-19-8-4-5-9-20(19)26-22;/h2-9,15-16,23H,10-14H2,1H3,(H,24,27)(H,25,26);1H. The molecule has 1 aliphatic heterocycles. The molecule has 1 fully saturated rings. The van der Waals surface area contributed by atoms with E-state index in [2.05, 4.69) is 27.5 Å². The third-order valence-corrected chi connectivity index (χ3v) is 5.54. The highest BCUT2D eigenvalue weighted by molar-refractivity contribution is 5.95. The Labute approximate surface area is 171 Å². The summed E-state index contributed by atoms with van der Waals surface area (Å²) in [5.41, 5.74) is 3.64. The van der Waals surface area contributed by atoms with Gasteiger partial charge in [0.1, 0.15) is 5.82 Å². The number of hydrogen-bond donors (Lipinski definition) is 3. The number of halogens is 1. The van der Waals surface area contributed by atoms with E-state index in [0.29, 0.717) is 18.3 Å². The molecule has 0 radical (unpaired) electrons. The number of nitrogens with zero attached hydrogens (tertiary/aromatic N) is 1. The highest BCUT2D eigenvalue weighted by atomic mass is 35.5. The number of H-pyrrole nitrogens is 1. The molecule has 0 saturated carbocycles. The van der Waals surface area contributed by atoms with E-state index in [9.17, 15) is 4.79 Å². The second-order valence-corrected chi connectivity index (χ2v) is 7.47. The first-order valence-corrected chi connectivity index (χ1v) is 9.75. The predicted octanol–water partition coefficient (Wildman–Crippen LogP) is 4.62. The Morgan fingerprint density at radius 1 is 1.14 bits per heavy atom. The number of rotatable bonds is 5. The van der Waals surface area contributed by atoms with E-state index in [1.165, 1.54) is 0 Å². The van der Waals surface area contributed by atoms with Crippen LogP contribution in [0.5, 0.6) is 0 Å². The topological polar surface area (TPSA) is 69.8 Å². The van der Waals surface area contributed by atoms with Gasteiger partial charge in [0.05, 0.1) is 16.7 Å². The fourth-order valence-electron chi connectivity index (χ4n) is 3.95. The van der Waals surface area contributed by atoms with Crippen LogP contribution in [-0.4, -0.2) is 29.0 Å². The first-order chi connectivity index (χ1) is 13.2. The molecule has 4 rings (SSSR count). The zero-order valence-corrected chi connectivity index (χ0v) is 16.9. The van der Waals surface area contributed by atoms with Gasteiger partial charge in [-0.3, -0.25) is 4.79 Å². The number of hydrogen-bond acceptors (Lipinski definition) is 3. The Morgan fingerprint density at radius 2 is 1.86 bits per heavy atom. The first-order valence-electron chi connectivity index (χ1n) is 9.75. The summed E-state index contributed by atoms with van der Waals surface area (Å²) in [6, 6.07) is 15.8. The normalized spacial score (nSPS) is 15.8. The molecular formula is C22H27ClN4O. The van der Waals surface area contributed by atoms with Crippen molar-refractivity contribution in [1.29, 1.82) is 0 Å². The van der Waals surface area contributed by atoms with Crippen molar-refractivity contribution in [2.45, 2.75) is 26.2 Å². The zero-order valence-electron chi connectivity index (χ0n) is 16.1. The Morgan fingerprint density at radius 3 is 2.64 bits per heavy atom. The van der Waals surface area contributed by atoms with Gasteiger partial charge in [0, 0.05) is 12.0 Å². The molecule has 148 valence electrons. The summed E-state index contributed by atoms with van der Waals surface area (Å²) in [5, 5.41) is 6.50. The lowest BCUT2D eigenvalue weighted by Gasteiger charge is -2.28. The maximum atomic E-state index is 12.7. The average Bonchev–Trinajstić information content (AvgIpc) is 3.13. The minimum absolute atomic E-state index is 0. The predicted molar refractivity (Wildman–Crippen MR) is 117 cm³/mol. The molecule has 2 heterocycles. The van der Waals surface area contributed by atoms with E-state index in [1.54, 1.807) is 0 Å². The SMILES string of the molecule is CC(CC(=O)Nc1ccccc1-c1nc2ccccc2[nH]1)C1CCNCC1.Cl. The van der Waals surface area contributed by atoms with Crippen molar-refractivity contribution in [3.05, 3.63) is 48.5 Å². The highest BCUT2D eigenvalue weighted by Gasteiger charge is 2.22. The Kier molecular flexibility index (Phi) is 6.70. The largest absolute Gasteiger partial charge is 0.338 e. The van der Waals surface area contributed by atoms with Gasteiger partial charge in [0.25, 0.3) is 0 Å². The van der Waals surface area contributed by atoms with E-state index in [-0.39, 0.29) is 18.3 Å². The quantitative estimate of drug-likeness (QED) is 0.587. The van der Waals surface area contributed by atoms with Crippen molar-refractivity contribution in [2.75, 3.05) is 18.4 Å². The number of nitrogens with one attached hydrogen (secondary N) is 3. The summed E-state index contributed by atoms with van der Waals surface area (Å²) in [5.74, 6) is 1.87. The molecule has 0 spiro atoms. The fourth-order valence-corrected chi connectivity index (χ4v) is 3.95. The van der Waals surface area contributed by atoms with Crippen LogP contribution in [0, 0.1) is 11.8 Å². The molecule has 1 aromatic heterocycles. The number of aromatic amines is 1. The van der Waals surface area contributed by atoms with E-state index in [0.717, 1.165) is 54.0 Å². The highest BCUT2D eigenvalue weighted by Crippen LogP contribution is 2.29. The minimum Gasteiger partial charge on any atom is -0.338 e. The van der Waals surface area contributed by atoms with Gasteiger partial charge in [-0.2, -0.15) is 0 Å².